The minimum atomic E-state index is -4.58. The second-order valence-electron chi connectivity index (χ2n) is 3.52. The number of hydrogen-bond acceptors (Lipinski definition) is 8. The van der Waals surface area contributed by atoms with E-state index in [1.54, 1.807) is 0 Å². The first-order chi connectivity index (χ1) is 8.13. The van der Waals surface area contributed by atoms with Crippen molar-refractivity contribution in [3.05, 3.63) is 0 Å². The average Bonchev–Trinajstić information content (AvgIpc) is 2.14. The monoisotopic (exact) mass is 307 g/mol. The number of carbonyl (C=O) groups is 1. The zero-order valence-electron chi connectivity index (χ0n) is 9.25. The molecule has 0 radical (unpaired) electrons. The molecule has 0 bridgehead atoms. The molecule has 0 aliphatic rings. The molecule has 0 rings (SSSR count). The number of carboxylic acid groups (broad SMARTS) is 1. The molecule has 0 fully saturated rings. The van der Waals surface area contributed by atoms with E-state index in [0.29, 0.717) is 0 Å². The summed E-state index contributed by atoms with van der Waals surface area (Å²) in [5, 5.41) is 28.9. The molecule has 18 heavy (non-hydrogen) atoms. The standard InChI is InChI=1S/C6H12O10P2/c1-6(9,4-5(7)8)2-3-14-18(13,16-15-10)17(11)12/h9H,2-4H2,1H3,(H2-,7,8,10,11,12)/p+1. The normalized spacial score (nSPS) is 18.8. The summed E-state index contributed by atoms with van der Waals surface area (Å²) < 4.78 is 30.0. The van der Waals surface area contributed by atoms with E-state index < -0.39 is 39.6 Å². The summed E-state index contributed by atoms with van der Waals surface area (Å²) in [5.41, 5.74) is -1.65. The van der Waals surface area contributed by atoms with Gasteiger partial charge in [-0.1, -0.05) is 9.71 Å². The summed E-state index contributed by atoms with van der Waals surface area (Å²) >= 11 is 0. The molecule has 0 saturated carbocycles. The fourth-order valence-electron chi connectivity index (χ4n) is 0.937. The van der Waals surface area contributed by atoms with Crippen LogP contribution in [0.1, 0.15) is 19.8 Å². The van der Waals surface area contributed by atoms with Gasteiger partial charge in [-0.05, 0) is 11.5 Å². The molecule has 12 heteroatoms. The third-order valence-corrected chi connectivity index (χ3v) is 4.75. The topological polar surface area (TPSA) is 160 Å². The molecule has 3 atom stereocenters. The average molecular weight is 307 g/mol. The Labute approximate surface area is 102 Å². The molecule has 0 saturated heterocycles. The zero-order valence-corrected chi connectivity index (χ0v) is 11.0. The lowest BCUT2D eigenvalue weighted by atomic mass is 9.99. The molecule has 0 aliphatic heterocycles. The van der Waals surface area contributed by atoms with Crippen LogP contribution in [0.2, 0.25) is 0 Å². The fourth-order valence-corrected chi connectivity index (χ4v) is 2.34. The highest BCUT2D eigenvalue weighted by Gasteiger charge is 2.51. The maximum atomic E-state index is 11.4. The zero-order chi connectivity index (χ0) is 14.4. The van der Waals surface area contributed by atoms with Crippen molar-refractivity contribution in [1.29, 1.82) is 0 Å². The van der Waals surface area contributed by atoms with E-state index in [9.17, 15) is 19.0 Å². The van der Waals surface area contributed by atoms with Crippen molar-refractivity contribution in [3.63, 3.8) is 0 Å². The maximum Gasteiger partial charge on any atom is 0.635 e. The Morgan fingerprint density at radius 2 is 2.06 bits per heavy atom. The molecule has 0 aromatic rings. The lowest BCUT2D eigenvalue weighted by Crippen LogP contribution is -2.29. The van der Waals surface area contributed by atoms with Crippen LogP contribution in [0.3, 0.4) is 0 Å². The van der Waals surface area contributed by atoms with Gasteiger partial charge in [0.1, 0.15) is 0 Å². The van der Waals surface area contributed by atoms with Crippen LogP contribution >= 0.6 is 15.0 Å². The number of carboxylic acids is 1. The first kappa shape index (κ1) is 17.6. The smallest absolute Gasteiger partial charge is 0.481 e. The molecule has 0 aromatic heterocycles. The summed E-state index contributed by atoms with van der Waals surface area (Å²) in [7, 11) is -8.02. The Balaban J connectivity index is 4.35. The highest BCUT2D eigenvalue weighted by atomic mass is 32.1. The Morgan fingerprint density at radius 1 is 1.50 bits per heavy atom. The summed E-state index contributed by atoms with van der Waals surface area (Å²) in [6.45, 7) is 0.653. The Hall–Kier alpha value is -0.440. The van der Waals surface area contributed by atoms with Crippen molar-refractivity contribution in [2.24, 2.45) is 0 Å². The molecule has 4 N–H and O–H groups in total. The van der Waals surface area contributed by atoms with Gasteiger partial charge in [0, 0.05) is 6.42 Å². The molecule has 10 nitrogen and oxygen atoms in total. The van der Waals surface area contributed by atoms with Crippen LogP contribution in [0.4, 0.5) is 0 Å². The quantitative estimate of drug-likeness (QED) is 0.273. The predicted molar refractivity (Wildman–Crippen MR) is 55.7 cm³/mol. The molecular formula is C6H13O10P2+. The SMILES string of the molecule is CC(O)(CCOP(=O)(OOO)[P+](=O)O)CC(=O)O. The second kappa shape index (κ2) is 7.22. The van der Waals surface area contributed by atoms with Crippen LogP contribution in [-0.4, -0.2) is 38.5 Å². The van der Waals surface area contributed by atoms with E-state index in [1.165, 1.54) is 6.92 Å². The van der Waals surface area contributed by atoms with Gasteiger partial charge in [0.15, 0.2) is 0 Å². The van der Waals surface area contributed by atoms with Gasteiger partial charge in [-0.25, -0.2) is 9.82 Å². The summed E-state index contributed by atoms with van der Waals surface area (Å²) in [6, 6.07) is 0. The second-order valence-corrected chi connectivity index (χ2v) is 7.87. The maximum absolute atomic E-state index is 11.4. The van der Waals surface area contributed by atoms with E-state index in [0.717, 1.165) is 0 Å². The van der Waals surface area contributed by atoms with Crippen LogP contribution in [0, 0.1) is 0 Å². The Bertz CT molecular complexity index is 352. The van der Waals surface area contributed by atoms with Crippen molar-refractivity contribution >= 4 is 21.0 Å². The van der Waals surface area contributed by atoms with Crippen molar-refractivity contribution < 1.29 is 48.5 Å². The van der Waals surface area contributed by atoms with Crippen LogP contribution < -0.4 is 0 Å². The Kier molecular flexibility index (Phi) is 7.05. The summed E-state index contributed by atoms with van der Waals surface area (Å²) in [4.78, 5) is 19.0. The minimum absolute atomic E-state index is 0.290. The van der Waals surface area contributed by atoms with Crippen LogP contribution in [0.5, 0.6) is 0 Å². The van der Waals surface area contributed by atoms with E-state index in [2.05, 4.69) is 14.2 Å². The first-order valence-electron chi connectivity index (χ1n) is 4.48. The predicted octanol–water partition coefficient (Wildman–Crippen LogP) is 0.883. The summed E-state index contributed by atoms with van der Waals surface area (Å²) in [6.07, 6.45) is -0.884. The summed E-state index contributed by atoms with van der Waals surface area (Å²) in [5.74, 6) is -1.26. The van der Waals surface area contributed by atoms with Gasteiger partial charge < -0.3 is 10.2 Å². The third kappa shape index (κ3) is 6.48. The van der Waals surface area contributed by atoms with Gasteiger partial charge in [0.05, 0.1) is 18.6 Å². The van der Waals surface area contributed by atoms with Crippen molar-refractivity contribution in [3.8, 4) is 0 Å². The lowest BCUT2D eigenvalue weighted by Gasteiger charge is -2.20. The molecule has 0 amide bonds. The van der Waals surface area contributed by atoms with E-state index in [-0.39, 0.29) is 6.42 Å². The molecule has 3 unspecified atom stereocenters. The van der Waals surface area contributed by atoms with Crippen molar-refractivity contribution in [2.75, 3.05) is 6.61 Å². The van der Waals surface area contributed by atoms with Gasteiger partial charge in [0.25, 0.3) is 0 Å². The molecule has 106 valence electrons. The Morgan fingerprint density at radius 3 is 2.44 bits per heavy atom. The van der Waals surface area contributed by atoms with Gasteiger partial charge >= 0.3 is 21.0 Å². The first-order valence-corrected chi connectivity index (χ1v) is 7.94. The van der Waals surface area contributed by atoms with Gasteiger partial charge in [-0.2, -0.15) is 4.89 Å². The largest absolute Gasteiger partial charge is 0.635 e. The van der Waals surface area contributed by atoms with Gasteiger partial charge in [0.2, 0.25) is 0 Å². The van der Waals surface area contributed by atoms with Crippen molar-refractivity contribution in [1.82, 2.24) is 0 Å². The third-order valence-electron chi connectivity index (χ3n) is 1.76. The highest BCUT2D eigenvalue weighted by Crippen LogP contribution is 2.68. The lowest BCUT2D eigenvalue weighted by molar-refractivity contribution is -0.441. The van der Waals surface area contributed by atoms with Crippen molar-refractivity contribution in [2.45, 2.75) is 25.4 Å². The van der Waals surface area contributed by atoms with Crippen LogP contribution in [0.25, 0.3) is 0 Å². The number of aliphatic carboxylic acids is 1. The van der Waals surface area contributed by atoms with Crippen LogP contribution in [0.15, 0.2) is 0 Å². The number of rotatable bonds is 9. The molecule has 0 heterocycles. The molecule has 0 spiro atoms. The fraction of sp³-hybridized carbons (Fsp3) is 0.833. The number of hydrogen-bond donors (Lipinski definition) is 4. The van der Waals surface area contributed by atoms with Crippen LogP contribution in [-0.2, 0) is 28.2 Å². The van der Waals surface area contributed by atoms with E-state index in [4.69, 9.17) is 15.3 Å². The molecule has 0 aromatic carbocycles. The molecular weight excluding hydrogens is 294 g/mol. The van der Waals surface area contributed by atoms with E-state index >= 15 is 0 Å². The van der Waals surface area contributed by atoms with E-state index in [1.807, 2.05) is 0 Å². The van der Waals surface area contributed by atoms with Gasteiger partial charge in [-0.15, -0.1) is 0 Å². The van der Waals surface area contributed by atoms with Gasteiger partial charge in [-0.3, -0.25) is 9.32 Å². The number of aliphatic hydroxyl groups is 1. The highest BCUT2D eigenvalue weighted by molar-refractivity contribution is 8.20. The minimum Gasteiger partial charge on any atom is -0.481 e. The molecule has 0 aliphatic carbocycles.